The molecule has 0 saturated heterocycles. The van der Waals surface area contributed by atoms with E-state index in [-0.39, 0.29) is 17.6 Å². The van der Waals surface area contributed by atoms with E-state index in [1.165, 1.54) is 7.11 Å². The summed E-state index contributed by atoms with van der Waals surface area (Å²) in [6.07, 6.45) is 4.14. The van der Waals surface area contributed by atoms with Crippen LogP contribution in [0.3, 0.4) is 0 Å². The van der Waals surface area contributed by atoms with E-state index in [1.54, 1.807) is 18.2 Å². The molecule has 0 aliphatic heterocycles. The predicted molar refractivity (Wildman–Crippen MR) is 64.0 cm³/mol. The molecule has 0 bridgehead atoms. The largest absolute Gasteiger partial charge is 0.494 e. The average Bonchev–Trinajstić information content (AvgIpc) is 2.29. The number of halogens is 1. The summed E-state index contributed by atoms with van der Waals surface area (Å²) in [4.78, 5) is 0. The highest BCUT2D eigenvalue weighted by Crippen LogP contribution is 2.26. The highest BCUT2D eigenvalue weighted by atomic mass is 19.1. The lowest BCUT2D eigenvalue weighted by Gasteiger charge is -2.14. The predicted octanol–water partition coefficient (Wildman–Crippen LogP) is 3.41. The topological polar surface area (TPSA) is 35.2 Å². The molecule has 90 valence electrons. The molecule has 1 aromatic carbocycles. The van der Waals surface area contributed by atoms with Gasteiger partial charge in [-0.2, -0.15) is 0 Å². The third kappa shape index (κ3) is 3.20. The maximum Gasteiger partial charge on any atom is 0.169 e. The third-order valence-corrected chi connectivity index (χ3v) is 2.73. The summed E-state index contributed by atoms with van der Waals surface area (Å²) in [5.74, 6) is -0.0579. The molecule has 1 aromatic rings. The minimum atomic E-state index is -0.325. The molecule has 0 aliphatic rings. The van der Waals surface area contributed by atoms with Gasteiger partial charge in [-0.3, -0.25) is 0 Å². The monoisotopic (exact) mass is 225 g/mol. The lowest BCUT2D eigenvalue weighted by Crippen LogP contribution is -2.12. The molecule has 0 heterocycles. The van der Waals surface area contributed by atoms with Crippen LogP contribution in [-0.2, 0) is 0 Å². The Hall–Kier alpha value is -1.09. The van der Waals surface area contributed by atoms with Crippen molar-refractivity contribution in [1.29, 1.82) is 0 Å². The molecule has 0 aliphatic carbocycles. The minimum absolute atomic E-state index is 0.235. The van der Waals surface area contributed by atoms with Crippen molar-refractivity contribution in [2.24, 2.45) is 5.73 Å². The van der Waals surface area contributed by atoms with Gasteiger partial charge in [0.1, 0.15) is 0 Å². The Labute approximate surface area is 96.6 Å². The van der Waals surface area contributed by atoms with Gasteiger partial charge >= 0.3 is 0 Å². The molecule has 0 saturated carbocycles. The van der Waals surface area contributed by atoms with Gasteiger partial charge in [-0.25, -0.2) is 4.39 Å². The first-order chi connectivity index (χ1) is 7.70. The van der Waals surface area contributed by atoms with Crippen LogP contribution in [0.1, 0.15) is 44.2 Å². The zero-order valence-electron chi connectivity index (χ0n) is 10.0. The molecule has 2 nitrogen and oxygen atoms in total. The third-order valence-electron chi connectivity index (χ3n) is 2.73. The highest BCUT2D eigenvalue weighted by Gasteiger charge is 2.14. The van der Waals surface area contributed by atoms with E-state index in [0.29, 0.717) is 5.56 Å². The van der Waals surface area contributed by atoms with E-state index < -0.39 is 0 Å². The van der Waals surface area contributed by atoms with Crippen LogP contribution in [0.15, 0.2) is 18.2 Å². The number of hydrogen-bond donors (Lipinski definition) is 1. The Morgan fingerprint density at radius 3 is 2.75 bits per heavy atom. The molecule has 0 radical (unpaired) electrons. The van der Waals surface area contributed by atoms with Crippen LogP contribution in [0.4, 0.5) is 4.39 Å². The molecule has 3 heteroatoms. The first-order valence-corrected chi connectivity index (χ1v) is 5.78. The van der Waals surface area contributed by atoms with Gasteiger partial charge in [0, 0.05) is 11.6 Å². The van der Waals surface area contributed by atoms with Gasteiger partial charge < -0.3 is 10.5 Å². The van der Waals surface area contributed by atoms with Crippen molar-refractivity contribution in [3.63, 3.8) is 0 Å². The molecule has 0 amide bonds. The Morgan fingerprint density at radius 1 is 1.38 bits per heavy atom. The Balaban J connectivity index is 2.71. The number of hydrogen-bond acceptors (Lipinski definition) is 2. The summed E-state index contributed by atoms with van der Waals surface area (Å²) in [5, 5.41) is 0. The average molecular weight is 225 g/mol. The van der Waals surface area contributed by atoms with Crippen LogP contribution in [0, 0.1) is 5.82 Å². The van der Waals surface area contributed by atoms with E-state index in [4.69, 9.17) is 10.5 Å². The van der Waals surface area contributed by atoms with E-state index in [1.807, 2.05) is 0 Å². The Morgan fingerprint density at radius 2 is 2.12 bits per heavy atom. The molecule has 16 heavy (non-hydrogen) atoms. The van der Waals surface area contributed by atoms with Crippen LogP contribution in [0.25, 0.3) is 0 Å². The van der Waals surface area contributed by atoms with E-state index >= 15 is 0 Å². The summed E-state index contributed by atoms with van der Waals surface area (Å²) in [7, 11) is 1.46. The van der Waals surface area contributed by atoms with Crippen molar-refractivity contribution >= 4 is 0 Å². The zero-order chi connectivity index (χ0) is 12.0. The van der Waals surface area contributed by atoms with Crippen molar-refractivity contribution in [2.45, 2.75) is 38.6 Å². The van der Waals surface area contributed by atoms with E-state index in [9.17, 15) is 4.39 Å². The summed E-state index contributed by atoms with van der Waals surface area (Å²) in [6, 6.07) is 4.88. The second kappa shape index (κ2) is 6.48. The van der Waals surface area contributed by atoms with Gasteiger partial charge in [0.05, 0.1) is 7.11 Å². The molecule has 0 fully saturated rings. The molecular weight excluding hydrogens is 205 g/mol. The maximum absolute atomic E-state index is 13.8. The quantitative estimate of drug-likeness (QED) is 0.753. The Bertz CT molecular complexity index is 328. The fourth-order valence-electron chi connectivity index (χ4n) is 1.74. The van der Waals surface area contributed by atoms with E-state index in [0.717, 1.165) is 25.7 Å². The summed E-state index contributed by atoms with van der Waals surface area (Å²) < 4.78 is 18.8. The molecule has 0 spiro atoms. The minimum Gasteiger partial charge on any atom is -0.494 e. The summed E-state index contributed by atoms with van der Waals surface area (Å²) in [6.45, 7) is 2.14. The number of methoxy groups -OCH3 is 1. The second-order valence-electron chi connectivity index (χ2n) is 3.97. The van der Waals surface area contributed by atoms with Gasteiger partial charge in [0.15, 0.2) is 11.6 Å². The van der Waals surface area contributed by atoms with Crippen LogP contribution >= 0.6 is 0 Å². The number of nitrogens with two attached hydrogens (primary N) is 1. The number of ether oxygens (including phenoxy) is 1. The summed E-state index contributed by atoms with van der Waals surface area (Å²) in [5.41, 5.74) is 6.52. The number of rotatable bonds is 6. The van der Waals surface area contributed by atoms with Crippen molar-refractivity contribution in [1.82, 2.24) is 0 Å². The SMILES string of the molecule is CCCCCC(N)c1cccc(OC)c1F. The first kappa shape index (κ1) is 13.0. The molecule has 1 atom stereocenters. The van der Waals surface area contributed by atoms with Gasteiger partial charge in [-0.15, -0.1) is 0 Å². The lowest BCUT2D eigenvalue weighted by molar-refractivity contribution is 0.381. The normalized spacial score (nSPS) is 12.5. The fourth-order valence-corrected chi connectivity index (χ4v) is 1.74. The van der Waals surface area contributed by atoms with Crippen molar-refractivity contribution in [2.75, 3.05) is 7.11 Å². The maximum atomic E-state index is 13.8. The van der Waals surface area contributed by atoms with Gasteiger partial charge in [-0.05, 0) is 12.5 Å². The fraction of sp³-hybridized carbons (Fsp3) is 0.538. The van der Waals surface area contributed by atoms with E-state index in [2.05, 4.69) is 6.92 Å². The molecule has 2 N–H and O–H groups in total. The Kier molecular flexibility index (Phi) is 5.26. The van der Waals surface area contributed by atoms with Gasteiger partial charge in [0.2, 0.25) is 0 Å². The van der Waals surface area contributed by atoms with Crippen LogP contribution in [0.2, 0.25) is 0 Å². The number of unbranched alkanes of at least 4 members (excludes halogenated alkanes) is 2. The lowest BCUT2D eigenvalue weighted by atomic mass is 10.0. The first-order valence-electron chi connectivity index (χ1n) is 5.78. The number of benzene rings is 1. The second-order valence-corrected chi connectivity index (χ2v) is 3.97. The van der Waals surface area contributed by atoms with Crippen LogP contribution in [0.5, 0.6) is 5.75 Å². The molecular formula is C13H20FNO. The smallest absolute Gasteiger partial charge is 0.169 e. The highest BCUT2D eigenvalue weighted by molar-refractivity contribution is 5.32. The van der Waals surface area contributed by atoms with Crippen LogP contribution in [-0.4, -0.2) is 7.11 Å². The van der Waals surface area contributed by atoms with Gasteiger partial charge in [-0.1, -0.05) is 38.3 Å². The zero-order valence-corrected chi connectivity index (χ0v) is 10.0. The van der Waals surface area contributed by atoms with Crippen molar-refractivity contribution in [3.05, 3.63) is 29.6 Å². The van der Waals surface area contributed by atoms with Crippen LogP contribution < -0.4 is 10.5 Å². The van der Waals surface area contributed by atoms with Crippen molar-refractivity contribution < 1.29 is 9.13 Å². The summed E-state index contributed by atoms with van der Waals surface area (Å²) >= 11 is 0. The molecule has 1 rings (SSSR count). The molecule has 1 unspecified atom stereocenters. The van der Waals surface area contributed by atoms with Gasteiger partial charge in [0.25, 0.3) is 0 Å². The standard InChI is InChI=1S/C13H20FNO/c1-3-4-5-8-11(15)10-7-6-9-12(16-2)13(10)14/h6-7,9,11H,3-5,8,15H2,1-2H3. The molecule has 0 aromatic heterocycles. The van der Waals surface area contributed by atoms with Crippen molar-refractivity contribution in [3.8, 4) is 5.75 Å².